The SMILES string of the molecule is CCCC(C(N)=O)c1ccc(C)cn1. The van der Waals surface area contributed by atoms with Crippen LogP contribution in [0.2, 0.25) is 0 Å². The fourth-order valence-electron chi connectivity index (χ4n) is 1.41. The third-order valence-electron chi connectivity index (χ3n) is 2.21. The van der Waals surface area contributed by atoms with Crippen LogP contribution in [-0.4, -0.2) is 10.9 Å². The lowest BCUT2D eigenvalue weighted by molar-refractivity contribution is -0.119. The molecule has 3 heteroatoms. The lowest BCUT2D eigenvalue weighted by Crippen LogP contribution is -2.22. The number of pyridine rings is 1. The van der Waals surface area contributed by atoms with Crippen molar-refractivity contribution in [3.63, 3.8) is 0 Å². The molecule has 0 saturated heterocycles. The molecule has 0 radical (unpaired) electrons. The van der Waals surface area contributed by atoms with Gasteiger partial charge in [0.2, 0.25) is 5.91 Å². The molecule has 0 saturated carbocycles. The van der Waals surface area contributed by atoms with Gasteiger partial charge in [0.25, 0.3) is 0 Å². The van der Waals surface area contributed by atoms with E-state index in [-0.39, 0.29) is 11.8 Å². The Hall–Kier alpha value is -1.38. The van der Waals surface area contributed by atoms with Crippen LogP contribution in [-0.2, 0) is 4.79 Å². The van der Waals surface area contributed by atoms with Crippen molar-refractivity contribution in [3.8, 4) is 0 Å². The zero-order valence-corrected chi connectivity index (χ0v) is 8.66. The molecule has 0 bridgehead atoms. The quantitative estimate of drug-likeness (QED) is 0.790. The molecule has 3 nitrogen and oxygen atoms in total. The summed E-state index contributed by atoms with van der Waals surface area (Å²) in [6, 6.07) is 3.83. The van der Waals surface area contributed by atoms with Crippen LogP contribution >= 0.6 is 0 Å². The summed E-state index contributed by atoms with van der Waals surface area (Å²) >= 11 is 0. The van der Waals surface area contributed by atoms with Crippen LogP contribution in [0.3, 0.4) is 0 Å². The van der Waals surface area contributed by atoms with Crippen molar-refractivity contribution in [2.75, 3.05) is 0 Å². The van der Waals surface area contributed by atoms with Crippen molar-refractivity contribution in [1.82, 2.24) is 4.98 Å². The molecule has 1 aromatic heterocycles. The maximum absolute atomic E-state index is 11.2. The highest BCUT2D eigenvalue weighted by atomic mass is 16.1. The zero-order chi connectivity index (χ0) is 10.6. The topological polar surface area (TPSA) is 56.0 Å². The Kier molecular flexibility index (Phi) is 3.63. The smallest absolute Gasteiger partial charge is 0.226 e. The molecule has 2 N–H and O–H groups in total. The molecular formula is C11H16N2O. The van der Waals surface area contributed by atoms with E-state index in [2.05, 4.69) is 4.98 Å². The number of rotatable bonds is 4. The Morgan fingerprint density at radius 3 is 2.71 bits per heavy atom. The van der Waals surface area contributed by atoms with E-state index in [1.165, 1.54) is 0 Å². The highest BCUT2D eigenvalue weighted by molar-refractivity contribution is 5.81. The Balaban J connectivity index is 2.87. The minimum atomic E-state index is -0.289. The summed E-state index contributed by atoms with van der Waals surface area (Å²) < 4.78 is 0. The van der Waals surface area contributed by atoms with Crippen molar-refractivity contribution < 1.29 is 4.79 Å². The van der Waals surface area contributed by atoms with Crippen LogP contribution in [0.1, 0.15) is 36.9 Å². The summed E-state index contributed by atoms with van der Waals surface area (Å²) in [6.45, 7) is 4.00. The van der Waals surface area contributed by atoms with Gasteiger partial charge < -0.3 is 5.73 Å². The minimum absolute atomic E-state index is 0.236. The third-order valence-corrected chi connectivity index (χ3v) is 2.21. The molecular weight excluding hydrogens is 176 g/mol. The molecule has 76 valence electrons. The van der Waals surface area contributed by atoms with E-state index < -0.39 is 0 Å². The van der Waals surface area contributed by atoms with Gasteiger partial charge in [-0.25, -0.2) is 0 Å². The van der Waals surface area contributed by atoms with E-state index in [0.717, 1.165) is 24.1 Å². The number of nitrogens with zero attached hydrogens (tertiary/aromatic N) is 1. The monoisotopic (exact) mass is 192 g/mol. The molecule has 14 heavy (non-hydrogen) atoms. The van der Waals surface area contributed by atoms with Gasteiger partial charge in [0.15, 0.2) is 0 Å². The summed E-state index contributed by atoms with van der Waals surface area (Å²) in [4.78, 5) is 15.4. The fourth-order valence-corrected chi connectivity index (χ4v) is 1.41. The van der Waals surface area contributed by atoms with Gasteiger partial charge in [-0.3, -0.25) is 9.78 Å². The Morgan fingerprint density at radius 1 is 1.57 bits per heavy atom. The Labute approximate surface area is 84.3 Å². The number of hydrogen-bond acceptors (Lipinski definition) is 2. The first-order valence-electron chi connectivity index (χ1n) is 4.87. The van der Waals surface area contributed by atoms with Gasteiger partial charge in [0.05, 0.1) is 11.6 Å². The summed E-state index contributed by atoms with van der Waals surface area (Å²) in [5.41, 5.74) is 7.19. The second-order valence-corrected chi connectivity index (χ2v) is 3.50. The second-order valence-electron chi connectivity index (χ2n) is 3.50. The van der Waals surface area contributed by atoms with Crippen LogP contribution in [0.5, 0.6) is 0 Å². The maximum atomic E-state index is 11.2. The average Bonchev–Trinajstić information content (AvgIpc) is 2.15. The number of hydrogen-bond donors (Lipinski definition) is 1. The molecule has 0 aromatic carbocycles. The van der Waals surface area contributed by atoms with Crippen LogP contribution in [0.15, 0.2) is 18.3 Å². The summed E-state index contributed by atoms with van der Waals surface area (Å²) in [5.74, 6) is -0.524. The molecule has 1 atom stereocenters. The summed E-state index contributed by atoms with van der Waals surface area (Å²) in [7, 11) is 0. The predicted molar refractivity (Wildman–Crippen MR) is 55.8 cm³/mol. The maximum Gasteiger partial charge on any atom is 0.226 e. The van der Waals surface area contributed by atoms with Crippen LogP contribution in [0.4, 0.5) is 0 Å². The molecule has 0 aliphatic carbocycles. The number of carbonyl (C=O) groups is 1. The molecule has 0 spiro atoms. The molecule has 0 aliphatic heterocycles. The first-order valence-corrected chi connectivity index (χ1v) is 4.87. The van der Waals surface area contributed by atoms with Gasteiger partial charge in [-0.2, -0.15) is 0 Å². The van der Waals surface area contributed by atoms with Crippen LogP contribution in [0.25, 0.3) is 0 Å². The van der Waals surface area contributed by atoms with E-state index in [1.807, 2.05) is 26.0 Å². The Morgan fingerprint density at radius 2 is 2.29 bits per heavy atom. The molecule has 1 unspecified atom stereocenters. The van der Waals surface area contributed by atoms with Gasteiger partial charge in [0.1, 0.15) is 0 Å². The van der Waals surface area contributed by atoms with Gasteiger partial charge in [-0.05, 0) is 25.0 Å². The summed E-state index contributed by atoms with van der Waals surface area (Å²) in [5, 5.41) is 0. The number of primary amides is 1. The van der Waals surface area contributed by atoms with Crippen LogP contribution in [0, 0.1) is 6.92 Å². The van der Waals surface area contributed by atoms with E-state index >= 15 is 0 Å². The first-order chi connectivity index (χ1) is 6.65. The largest absolute Gasteiger partial charge is 0.369 e. The molecule has 0 fully saturated rings. The van der Waals surface area contributed by atoms with Gasteiger partial charge in [0, 0.05) is 6.20 Å². The van der Waals surface area contributed by atoms with Crippen molar-refractivity contribution in [2.24, 2.45) is 5.73 Å². The second kappa shape index (κ2) is 4.74. The van der Waals surface area contributed by atoms with Crippen molar-refractivity contribution >= 4 is 5.91 Å². The van der Waals surface area contributed by atoms with Gasteiger partial charge in [-0.15, -0.1) is 0 Å². The van der Waals surface area contributed by atoms with E-state index in [9.17, 15) is 4.79 Å². The fraction of sp³-hybridized carbons (Fsp3) is 0.455. The number of nitrogens with two attached hydrogens (primary N) is 1. The third kappa shape index (κ3) is 2.55. The lowest BCUT2D eigenvalue weighted by atomic mass is 9.98. The number of carbonyl (C=O) groups excluding carboxylic acids is 1. The molecule has 1 amide bonds. The predicted octanol–water partition coefficient (Wildman–Crippen LogP) is 1.76. The highest BCUT2D eigenvalue weighted by Crippen LogP contribution is 2.18. The zero-order valence-electron chi connectivity index (χ0n) is 8.66. The van der Waals surface area contributed by atoms with Crippen molar-refractivity contribution in [3.05, 3.63) is 29.6 Å². The number of amides is 1. The normalized spacial score (nSPS) is 12.4. The van der Waals surface area contributed by atoms with E-state index in [1.54, 1.807) is 6.20 Å². The average molecular weight is 192 g/mol. The highest BCUT2D eigenvalue weighted by Gasteiger charge is 2.17. The van der Waals surface area contributed by atoms with E-state index in [0.29, 0.717) is 0 Å². The minimum Gasteiger partial charge on any atom is -0.369 e. The molecule has 1 aromatic rings. The van der Waals surface area contributed by atoms with E-state index in [4.69, 9.17) is 5.73 Å². The molecule has 1 heterocycles. The molecule has 1 rings (SSSR count). The van der Waals surface area contributed by atoms with Gasteiger partial charge in [-0.1, -0.05) is 19.4 Å². The van der Waals surface area contributed by atoms with Crippen LogP contribution < -0.4 is 5.73 Å². The summed E-state index contributed by atoms with van der Waals surface area (Å²) in [6.07, 6.45) is 3.47. The number of aryl methyl sites for hydroxylation is 1. The van der Waals surface area contributed by atoms with Crippen molar-refractivity contribution in [1.29, 1.82) is 0 Å². The first kappa shape index (κ1) is 10.7. The lowest BCUT2D eigenvalue weighted by Gasteiger charge is -2.11. The molecule has 0 aliphatic rings. The van der Waals surface area contributed by atoms with Crippen molar-refractivity contribution in [2.45, 2.75) is 32.6 Å². The standard InChI is InChI=1S/C11H16N2O/c1-3-4-9(11(12)14)10-6-5-8(2)7-13-10/h5-7,9H,3-4H2,1-2H3,(H2,12,14). The Bertz CT molecular complexity index is 306. The number of aromatic nitrogens is 1. The van der Waals surface area contributed by atoms with Gasteiger partial charge >= 0.3 is 0 Å².